The van der Waals surface area contributed by atoms with Crippen LogP contribution in [0, 0.1) is 0 Å². The van der Waals surface area contributed by atoms with Crippen molar-refractivity contribution in [3.63, 3.8) is 0 Å². The van der Waals surface area contributed by atoms with Crippen molar-refractivity contribution in [2.75, 3.05) is 0 Å². The Hall–Kier alpha value is -0.730. The maximum absolute atomic E-state index is 9.25. The van der Waals surface area contributed by atoms with E-state index in [9.17, 15) is 5.11 Å². The average molecular weight is 200 g/mol. The third-order valence-corrected chi connectivity index (χ3v) is 2.49. The van der Waals surface area contributed by atoms with Crippen LogP contribution >= 0.6 is 12.4 Å². The molecule has 2 nitrogen and oxygen atoms in total. The van der Waals surface area contributed by atoms with Gasteiger partial charge in [-0.15, -0.1) is 12.4 Å². The van der Waals surface area contributed by atoms with Crippen molar-refractivity contribution < 1.29 is 5.11 Å². The fourth-order valence-electron chi connectivity index (χ4n) is 1.82. The number of hydrogen-bond acceptors (Lipinski definition) is 2. The van der Waals surface area contributed by atoms with Gasteiger partial charge in [0, 0.05) is 6.04 Å². The van der Waals surface area contributed by atoms with Gasteiger partial charge in [0.15, 0.2) is 0 Å². The Balaban J connectivity index is 0.000000845. The zero-order valence-electron chi connectivity index (χ0n) is 7.36. The van der Waals surface area contributed by atoms with Gasteiger partial charge in [0.2, 0.25) is 0 Å². The Labute approximate surface area is 84.2 Å². The van der Waals surface area contributed by atoms with E-state index in [1.54, 1.807) is 12.1 Å². The molecule has 3 N–H and O–H groups in total. The van der Waals surface area contributed by atoms with Crippen LogP contribution in [0.1, 0.15) is 30.0 Å². The zero-order chi connectivity index (χ0) is 8.55. The molecule has 2 rings (SSSR count). The highest BCUT2D eigenvalue weighted by atomic mass is 35.5. The summed E-state index contributed by atoms with van der Waals surface area (Å²) in [4.78, 5) is 0. The molecule has 72 valence electrons. The molecule has 0 aromatic heterocycles. The van der Waals surface area contributed by atoms with Gasteiger partial charge in [-0.2, -0.15) is 0 Å². The van der Waals surface area contributed by atoms with Gasteiger partial charge in [-0.1, -0.05) is 6.07 Å². The summed E-state index contributed by atoms with van der Waals surface area (Å²) < 4.78 is 0. The number of rotatable bonds is 0. The van der Waals surface area contributed by atoms with Crippen LogP contribution in [0.4, 0.5) is 0 Å². The molecule has 1 aliphatic carbocycles. The summed E-state index contributed by atoms with van der Waals surface area (Å²) in [6.45, 7) is 0. The Morgan fingerprint density at radius 2 is 2.15 bits per heavy atom. The minimum Gasteiger partial charge on any atom is -0.508 e. The van der Waals surface area contributed by atoms with Gasteiger partial charge in [-0.05, 0) is 42.5 Å². The monoisotopic (exact) mass is 199 g/mol. The minimum atomic E-state index is 0. The predicted molar refractivity (Wildman–Crippen MR) is 55.2 cm³/mol. The molecular formula is C10H14ClNO. The van der Waals surface area contributed by atoms with E-state index in [1.807, 2.05) is 6.07 Å². The number of phenols is 1. The van der Waals surface area contributed by atoms with Crippen LogP contribution < -0.4 is 5.73 Å². The summed E-state index contributed by atoms with van der Waals surface area (Å²) in [5.74, 6) is 0.325. The van der Waals surface area contributed by atoms with E-state index >= 15 is 0 Å². The molecule has 0 fully saturated rings. The van der Waals surface area contributed by atoms with Gasteiger partial charge in [-0.3, -0.25) is 0 Å². The molecule has 0 amide bonds. The van der Waals surface area contributed by atoms with Crippen LogP contribution in [0.5, 0.6) is 5.75 Å². The number of phenolic OH excluding ortho intramolecular Hbond substituents is 1. The minimum absolute atomic E-state index is 0. The largest absolute Gasteiger partial charge is 0.508 e. The lowest BCUT2D eigenvalue weighted by atomic mass is 9.88. The molecule has 0 aliphatic heterocycles. The van der Waals surface area contributed by atoms with Crippen LogP contribution in [0.3, 0.4) is 0 Å². The Bertz CT molecular complexity index is 301. The summed E-state index contributed by atoms with van der Waals surface area (Å²) in [5.41, 5.74) is 8.33. The second kappa shape index (κ2) is 3.99. The number of hydrogen-bond donors (Lipinski definition) is 2. The van der Waals surface area contributed by atoms with Crippen molar-refractivity contribution in [3.8, 4) is 5.75 Å². The van der Waals surface area contributed by atoms with Gasteiger partial charge < -0.3 is 10.8 Å². The maximum Gasteiger partial charge on any atom is 0.115 e. The van der Waals surface area contributed by atoms with E-state index in [0.717, 1.165) is 18.4 Å². The number of benzene rings is 1. The van der Waals surface area contributed by atoms with Crippen LogP contribution in [0.2, 0.25) is 0 Å². The van der Waals surface area contributed by atoms with Crippen LogP contribution in [0.25, 0.3) is 0 Å². The fraction of sp³-hybridized carbons (Fsp3) is 0.400. The van der Waals surface area contributed by atoms with E-state index in [0.29, 0.717) is 5.75 Å². The molecule has 1 aromatic rings. The second-order valence-corrected chi connectivity index (χ2v) is 3.38. The summed E-state index contributed by atoms with van der Waals surface area (Å²) in [6.07, 6.45) is 3.30. The SMILES string of the molecule is Cl.N[C@@H]1CCCc2ccc(O)cc21. The maximum atomic E-state index is 9.25. The van der Waals surface area contributed by atoms with Crippen molar-refractivity contribution in [2.24, 2.45) is 5.73 Å². The first-order valence-corrected chi connectivity index (χ1v) is 4.35. The molecule has 3 heteroatoms. The first kappa shape index (κ1) is 10.4. The first-order valence-electron chi connectivity index (χ1n) is 4.35. The van der Waals surface area contributed by atoms with E-state index in [1.165, 1.54) is 12.0 Å². The molecule has 1 aromatic carbocycles. The molecule has 0 saturated heterocycles. The van der Waals surface area contributed by atoms with E-state index in [4.69, 9.17) is 5.73 Å². The van der Waals surface area contributed by atoms with Crippen molar-refractivity contribution in [3.05, 3.63) is 29.3 Å². The molecule has 0 spiro atoms. The number of nitrogens with two attached hydrogens (primary N) is 1. The molecule has 1 aliphatic rings. The third kappa shape index (κ3) is 1.95. The van der Waals surface area contributed by atoms with Gasteiger partial charge >= 0.3 is 0 Å². The average Bonchev–Trinajstić information content (AvgIpc) is 2.07. The van der Waals surface area contributed by atoms with Gasteiger partial charge in [0.25, 0.3) is 0 Å². The highest BCUT2D eigenvalue weighted by molar-refractivity contribution is 5.85. The van der Waals surface area contributed by atoms with Crippen LogP contribution in [0.15, 0.2) is 18.2 Å². The number of aromatic hydroxyl groups is 1. The molecule has 0 bridgehead atoms. The normalized spacial score (nSPS) is 20.2. The molecule has 13 heavy (non-hydrogen) atoms. The van der Waals surface area contributed by atoms with Crippen LogP contribution in [-0.2, 0) is 6.42 Å². The smallest absolute Gasteiger partial charge is 0.115 e. The lowest BCUT2D eigenvalue weighted by Crippen LogP contribution is -2.16. The molecule has 1 atom stereocenters. The van der Waals surface area contributed by atoms with Gasteiger partial charge in [0.05, 0.1) is 0 Å². The van der Waals surface area contributed by atoms with E-state index in [2.05, 4.69) is 0 Å². The highest BCUT2D eigenvalue weighted by Crippen LogP contribution is 2.30. The molecule has 0 unspecified atom stereocenters. The molecular weight excluding hydrogens is 186 g/mol. The summed E-state index contributed by atoms with van der Waals surface area (Å²) >= 11 is 0. The Morgan fingerprint density at radius 1 is 1.38 bits per heavy atom. The lowest BCUT2D eigenvalue weighted by Gasteiger charge is -2.21. The van der Waals surface area contributed by atoms with E-state index in [-0.39, 0.29) is 18.4 Å². The zero-order valence-corrected chi connectivity index (χ0v) is 8.18. The Kier molecular flexibility index (Phi) is 3.17. The van der Waals surface area contributed by atoms with Crippen LogP contribution in [-0.4, -0.2) is 5.11 Å². The van der Waals surface area contributed by atoms with E-state index < -0.39 is 0 Å². The standard InChI is InChI=1S/C10H13NO.ClH/c11-10-3-1-2-7-4-5-8(12)6-9(7)10;/h4-6,10,12H,1-3,11H2;1H/t10-;/m1./s1. The molecule has 0 radical (unpaired) electrons. The van der Waals surface area contributed by atoms with Crippen molar-refractivity contribution in [1.29, 1.82) is 0 Å². The quantitative estimate of drug-likeness (QED) is 0.673. The van der Waals surface area contributed by atoms with Crippen molar-refractivity contribution >= 4 is 12.4 Å². The number of halogens is 1. The highest BCUT2D eigenvalue weighted by Gasteiger charge is 2.16. The van der Waals surface area contributed by atoms with Gasteiger partial charge in [-0.25, -0.2) is 0 Å². The third-order valence-electron chi connectivity index (χ3n) is 2.49. The lowest BCUT2D eigenvalue weighted by molar-refractivity contribution is 0.470. The fourth-order valence-corrected chi connectivity index (χ4v) is 1.82. The summed E-state index contributed by atoms with van der Waals surface area (Å²) in [7, 11) is 0. The summed E-state index contributed by atoms with van der Waals surface area (Å²) in [6, 6.07) is 5.63. The van der Waals surface area contributed by atoms with Crippen molar-refractivity contribution in [2.45, 2.75) is 25.3 Å². The number of fused-ring (bicyclic) bond motifs is 1. The van der Waals surface area contributed by atoms with Gasteiger partial charge in [0.1, 0.15) is 5.75 Å². The Morgan fingerprint density at radius 3 is 2.92 bits per heavy atom. The second-order valence-electron chi connectivity index (χ2n) is 3.38. The number of aryl methyl sites for hydroxylation is 1. The molecule has 0 saturated carbocycles. The predicted octanol–water partition coefficient (Wildman–Crippen LogP) is 2.15. The molecule has 0 heterocycles. The summed E-state index contributed by atoms with van der Waals surface area (Å²) in [5, 5.41) is 9.25. The topological polar surface area (TPSA) is 46.2 Å². The first-order chi connectivity index (χ1) is 5.77. The van der Waals surface area contributed by atoms with Crippen molar-refractivity contribution in [1.82, 2.24) is 0 Å².